The molecule has 0 radical (unpaired) electrons. The third-order valence-electron chi connectivity index (χ3n) is 2.07. The number of anilines is 1. The molecule has 1 aromatic carbocycles. The average molecular weight is 193 g/mol. The maximum Gasteiger partial charge on any atom is 0.178 e. The smallest absolute Gasteiger partial charge is 0.178 e. The first-order valence-corrected chi connectivity index (χ1v) is 4.35. The third-order valence-corrected chi connectivity index (χ3v) is 2.07. The fourth-order valence-electron chi connectivity index (χ4n) is 1.12. The predicted molar refractivity (Wildman–Crippen MR) is 58.0 cm³/mol. The standard InChI is InChI=1S/C11H15NO2/c1-8(11(13)14)9-4-6-10(7-5-9)12(2)3/h4-7,11,13-14H,1H2,2-3H3. The molecule has 0 saturated carbocycles. The second-order valence-electron chi connectivity index (χ2n) is 3.34. The number of nitrogens with zero attached hydrogens (tertiary/aromatic N) is 1. The Labute approximate surface area is 83.9 Å². The minimum absolute atomic E-state index is 0.315. The maximum atomic E-state index is 8.90. The molecule has 0 saturated heterocycles. The first-order chi connectivity index (χ1) is 6.52. The van der Waals surface area contributed by atoms with E-state index in [1.807, 2.05) is 43.3 Å². The van der Waals surface area contributed by atoms with E-state index in [-0.39, 0.29) is 0 Å². The van der Waals surface area contributed by atoms with Crippen LogP contribution in [-0.4, -0.2) is 30.6 Å². The molecule has 0 aliphatic rings. The lowest BCUT2D eigenvalue weighted by Crippen LogP contribution is -2.09. The number of rotatable bonds is 3. The van der Waals surface area contributed by atoms with Crippen molar-refractivity contribution in [2.75, 3.05) is 19.0 Å². The van der Waals surface area contributed by atoms with Gasteiger partial charge in [0.05, 0.1) is 0 Å². The Balaban J connectivity index is 2.89. The Bertz CT molecular complexity index is 315. The molecular weight excluding hydrogens is 178 g/mol. The Morgan fingerprint density at radius 2 is 1.71 bits per heavy atom. The average Bonchev–Trinajstić information content (AvgIpc) is 2.16. The molecule has 0 spiro atoms. The highest BCUT2D eigenvalue weighted by atomic mass is 16.5. The second-order valence-corrected chi connectivity index (χ2v) is 3.34. The van der Waals surface area contributed by atoms with E-state index in [4.69, 9.17) is 10.2 Å². The van der Waals surface area contributed by atoms with Crippen LogP contribution >= 0.6 is 0 Å². The molecule has 3 heteroatoms. The second kappa shape index (κ2) is 4.26. The molecule has 0 unspecified atom stereocenters. The van der Waals surface area contributed by atoms with Gasteiger partial charge in [0.15, 0.2) is 6.29 Å². The molecule has 0 aliphatic carbocycles. The molecule has 1 rings (SSSR count). The number of benzene rings is 1. The molecule has 2 N–H and O–H groups in total. The summed E-state index contributed by atoms with van der Waals surface area (Å²) in [6, 6.07) is 7.44. The molecular formula is C11H15NO2. The van der Waals surface area contributed by atoms with Gasteiger partial charge in [-0.3, -0.25) is 0 Å². The van der Waals surface area contributed by atoms with Crippen LogP contribution in [0.5, 0.6) is 0 Å². The van der Waals surface area contributed by atoms with Crippen molar-refractivity contribution >= 4 is 11.3 Å². The van der Waals surface area contributed by atoms with Crippen molar-refractivity contribution in [1.29, 1.82) is 0 Å². The van der Waals surface area contributed by atoms with Gasteiger partial charge in [-0.15, -0.1) is 0 Å². The van der Waals surface area contributed by atoms with Crippen LogP contribution in [0, 0.1) is 0 Å². The van der Waals surface area contributed by atoms with Crippen molar-refractivity contribution in [2.24, 2.45) is 0 Å². The Morgan fingerprint density at radius 3 is 2.07 bits per heavy atom. The van der Waals surface area contributed by atoms with E-state index in [1.165, 1.54) is 0 Å². The molecule has 0 amide bonds. The lowest BCUT2D eigenvalue weighted by Gasteiger charge is -2.13. The van der Waals surface area contributed by atoms with Crippen molar-refractivity contribution in [3.05, 3.63) is 36.4 Å². The molecule has 0 fully saturated rings. The zero-order valence-electron chi connectivity index (χ0n) is 8.44. The summed E-state index contributed by atoms with van der Waals surface area (Å²) in [5.41, 5.74) is 2.12. The molecule has 1 aromatic rings. The molecule has 0 heterocycles. The van der Waals surface area contributed by atoms with Crippen LogP contribution < -0.4 is 4.90 Å². The fraction of sp³-hybridized carbons (Fsp3) is 0.273. The summed E-state index contributed by atoms with van der Waals surface area (Å²) in [7, 11) is 3.90. The summed E-state index contributed by atoms with van der Waals surface area (Å²) < 4.78 is 0. The number of hydrogen-bond donors (Lipinski definition) is 2. The molecule has 76 valence electrons. The van der Waals surface area contributed by atoms with Gasteiger partial charge in [-0.1, -0.05) is 18.7 Å². The van der Waals surface area contributed by atoms with Crippen molar-refractivity contribution in [3.8, 4) is 0 Å². The van der Waals surface area contributed by atoms with Crippen LogP contribution in [0.2, 0.25) is 0 Å². The van der Waals surface area contributed by atoms with E-state index < -0.39 is 6.29 Å². The lowest BCUT2D eigenvalue weighted by atomic mass is 10.1. The van der Waals surface area contributed by atoms with Crippen LogP contribution in [0.25, 0.3) is 5.57 Å². The first kappa shape index (κ1) is 10.8. The third kappa shape index (κ3) is 2.34. The van der Waals surface area contributed by atoms with Crippen molar-refractivity contribution in [2.45, 2.75) is 6.29 Å². The van der Waals surface area contributed by atoms with Gasteiger partial charge >= 0.3 is 0 Å². The van der Waals surface area contributed by atoms with Crippen LogP contribution in [0.1, 0.15) is 5.56 Å². The van der Waals surface area contributed by atoms with Gasteiger partial charge in [0.2, 0.25) is 0 Å². The summed E-state index contributed by atoms with van der Waals surface area (Å²) >= 11 is 0. The van der Waals surface area contributed by atoms with Gasteiger partial charge < -0.3 is 15.1 Å². The zero-order valence-corrected chi connectivity index (χ0v) is 8.44. The van der Waals surface area contributed by atoms with E-state index in [1.54, 1.807) is 0 Å². The van der Waals surface area contributed by atoms with Gasteiger partial charge in [-0.2, -0.15) is 0 Å². The van der Waals surface area contributed by atoms with Gasteiger partial charge in [0.1, 0.15) is 0 Å². The van der Waals surface area contributed by atoms with Gasteiger partial charge in [0.25, 0.3) is 0 Å². The summed E-state index contributed by atoms with van der Waals surface area (Å²) in [5.74, 6) is 0. The molecule has 0 atom stereocenters. The van der Waals surface area contributed by atoms with E-state index in [9.17, 15) is 0 Å². The molecule has 14 heavy (non-hydrogen) atoms. The predicted octanol–water partition coefficient (Wildman–Crippen LogP) is 1.08. The van der Waals surface area contributed by atoms with E-state index in [2.05, 4.69) is 6.58 Å². The van der Waals surface area contributed by atoms with Crippen LogP contribution in [-0.2, 0) is 0 Å². The normalized spacial score (nSPS) is 10.4. The minimum atomic E-state index is -1.49. The quantitative estimate of drug-likeness (QED) is 0.706. The van der Waals surface area contributed by atoms with Gasteiger partial charge in [0, 0.05) is 25.4 Å². The summed E-state index contributed by atoms with van der Waals surface area (Å²) in [6.45, 7) is 3.59. The highest BCUT2D eigenvalue weighted by Crippen LogP contribution is 2.19. The molecule has 0 aromatic heterocycles. The molecule has 0 aliphatic heterocycles. The van der Waals surface area contributed by atoms with Gasteiger partial charge in [-0.05, 0) is 17.7 Å². The fourth-order valence-corrected chi connectivity index (χ4v) is 1.12. The topological polar surface area (TPSA) is 43.7 Å². The highest BCUT2D eigenvalue weighted by molar-refractivity contribution is 5.67. The lowest BCUT2D eigenvalue weighted by molar-refractivity contribution is 0.0115. The summed E-state index contributed by atoms with van der Waals surface area (Å²) in [5, 5.41) is 17.8. The highest BCUT2D eigenvalue weighted by Gasteiger charge is 2.06. The number of aliphatic hydroxyl groups excluding tert-OH is 1. The monoisotopic (exact) mass is 193 g/mol. The van der Waals surface area contributed by atoms with Crippen molar-refractivity contribution in [1.82, 2.24) is 0 Å². The Morgan fingerprint density at radius 1 is 1.21 bits per heavy atom. The minimum Gasteiger partial charge on any atom is -0.378 e. The van der Waals surface area contributed by atoms with E-state index >= 15 is 0 Å². The maximum absolute atomic E-state index is 8.90. The van der Waals surface area contributed by atoms with Crippen LogP contribution in [0.3, 0.4) is 0 Å². The number of aliphatic hydroxyl groups is 2. The van der Waals surface area contributed by atoms with Crippen LogP contribution in [0.15, 0.2) is 30.8 Å². The Hall–Kier alpha value is -1.32. The summed E-state index contributed by atoms with van der Waals surface area (Å²) in [4.78, 5) is 1.97. The molecule has 0 bridgehead atoms. The SMILES string of the molecule is C=C(c1ccc(N(C)C)cc1)C(O)O. The first-order valence-electron chi connectivity index (χ1n) is 4.35. The molecule has 3 nitrogen and oxygen atoms in total. The Kier molecular flexibility index (Phi) is 3.28. The van der Waals surface area contributed by atoms with E-state index in [0.29, 0.717) is 5.57 Å². The van der Waals surface area contributed by atoms with Crippen molar-refractivity contribution in [3.63, 3.8) is 0 Å². The van der Waals surface area contributed by atoms with Gasteiger partial charge in [-0.25, -0.2) is 0 Å². The zero-order chi connectivity index (χ0) is 10.7. The van der Waals surface area contributed by atoms with Crippen molar-refractivity contribution < 1.29 is 10.2 Å². The van der Waals surface area contributed by atoms with E-state index in [0.717, 1.165) is 11.3 Å². The van der Waals surface area contributed by atoms with Crippen LogP contribution in [0.4, 0.5) is 5.69 Å². The summed E-state index contributed by atoms with van der Waals surface area (Å²) in [6.07, 6.45) is -1.49. The largest absolute Gasteiger partial charge is 0.378 e. The number of hydrogen-bond acceptors (Lipinski definition) is 3.